The molecule has 2 aromatic carbocycles. The van der Waals surface area contributed by atoms with Crippen molar-refractivity contribution >= 4 is 11.6 Å². The highest BCUT2D eigenvalue weighted by Gasteiger charge is 2.73. The zero-order valence-corrected chi connectivity index (χ0v) is 18.2. The molecule has 1 spiro atoms. The number of para-hydroxylation sites is 1. The second-order valence-corrected chi connectivity index (χ2v) is 8.38. The van der Waals surface area contributed by atoms with E-state index in [0.717, 1.165) is 12.8 Å². The molecule has 0 radical (unpaired) electrons. The summed E-state index contributed by atoms with van der Waals surface area (Å²) in [5.41, 5.74) is 0.660. The van der Waals surface area contributed by atoms with Crippen molar-refractivity contribution in [3.8, 4) is 17.2 Å². The van der Waals surface area contributed by atoms with Crippen LogP contribution in [0.5, 0.6) is 17.2 Å². The predicted molar refractivity (Wildman–Crippen MR) is 116 cm³/mol. The van der Waals surface area contributed by atoms with E-state index in [4.69, 9.17) is 14.2 Å². The minimum Gasteiger partial charge on any atom is -0.493 e. The third-order valence-corrected chi connectivity index (χ3v) is 7.17. The van der Waals surface area contributed by atoms with Gasteiger partial charge in [-0.2, -0.15) is 0 Å². The molecule has 3 aliphatic heterocycles. The van der Waals surface area contributed by atoms with Crippen LogP contribution < -0.4 is 19.5 Å². The van der Waals surface area contributed by atoms with E-state index < -0.39 is 17.5 Å². The number of carbonyl (C=O) groups is 1. The number of ether oxygens (including phenoxy) is 3. The van der Waals surface area contributed by atoms with Gasteiger partial charge in [-0.3, -0.25) is 19.8 Å². The molecule has 9 heteroatoms. The molecule has 4 atom stereocenters. The fraction of sp³-hybridized carbons (Fsp3) is 0.435. The molecule has 3 heterocycles. The first-order chi connectivity index (χ1) is 15.5. The molecule has 9 nitrogen and oxygen atoms in total. The van der Waals surface area contributed by atoms with Crippen LogP contribution in [0.15, 0.2) is 36.4 Å². The number of hydrogen-bond donors (Lipinski definition) is 1. The molecule has 32 heavy (non-hydrogen) atoms. The summed E-state index contributed by atoms with van der Waals surface area (Å²) in [6.45, 7) is 0.623. The Morgan fingerprint density at radius 3 is 2.44 bits per heavy atom. The van der Waals surface area contributed by atoms with E-state index in [9.17, 15) is 14.9 Å². The topological polar surface area (TPSA) is 103 Å². The number of nitrogens with zero attached hydrogens (tertiary/aromatic N) is 2. The van der Waals surface area contributed by atoms with Gasteiger partial charge in [0.25, 0.3) is 11.9 Å². The number of benzene rings is 2. The molecule has 168 valence electrons. The fourth-order valence-electron chi connectivity index (χ4n) is 6.07. The van der Waals surface area contributed by atoms with Gasteiger partial charge < -0.3 is 19.5 Å². The molecule has 1 amide bonds. The quantitative estimate of drug-likeness (QED) is 0.564. The van der Waals surface area contributed by atoms with Gasteiger partial charge in [0, 0.05) is 28.8 Å². The maximum atomic E-state index is 13.5. The van der Waals surface area contributed by atoms with E-state index >= 15 is 0 Å². The molecule has 0 aliphatic carbocycles. The number of fused-ring (bicyclic) bond motifs is 4. The van der Waals surface area contributed by atoms with Crippen LogP contribution in [0, 0.1) is 10.1 Å². The standard InChI is InChI=1S/C23H25N3O6/c1-30-17-11-13(12-18(31-2)20(17)32-3)19-16-9-6-10-25(16)23(21(19)26(28)29)14-7-4-5-8-15(14)24-22(23)27/h4-5,7-8,11-12,16,19,21H,6,9-10H2,1-3H3,(H,24,27)/t16-,19+,21-,23+/m0/s1. The normalized spacial score (nSPS) is 28.3. The smallest absolute Gasteiger partial charge is 0.256 e. The van der Waals surface area contributed by atoms with Gasteiger partial charge in [-0.15, -0.1) is 0 Å². The van der Waals surface area contributed by atoms with Crippen molar-refractivity contribution in [2.24, 2.45) is 0 Å². The van der Waals surface area contributed by atoms with Crippen LogP contribution in [0.1, 0.15) is 29.9 Å². The molecule has 0 saturated carbocycles. The summed E-state index contributed by atoms with van der Waals surface area (Å²) in [5, 5.41) is 15.6. The Balaban J connectivity index is 1.75. The van der Waals surface area contributed by atoms with Crippen LogP contribution in [-0.4, -0.2) is 55.7 Å². The van der Waals surface area contributed by atoms with E-state index in [1.54, 1.807) is 18.2 Å². The Hall–Kier alpha value is -3.33. The summed E-state index contributed by atoms with van der Waals surface area (Å²) in [5.74, 6) is 0.438. The first kappa shape index (κ1) is 20.6. The summed E-state index contributed by atoms with van der Waals surface area (Å²) >= 11 is 0. The second kappa shape index (κ2) is 7.37. The van der Waals surface area contributed by atoms with E-state index in [1.165, 1.54) is 21.3 Å². The summed E-state index contributed by atoms with van der Waals surface area (Å²) in [4.78, 5) is 28.0. The first-order valence-corrected chi connectivity index (χ1v) is 10.6. The summed E-state index contributed by atoms with van der Waals surface area (Å²) in [6, 6.07) is 9.51. The summed E-state index contributed by atoms with van der Waals surface area (Å²) < 4.78 is 16.5. The monoisotopic (exact) mass is 439 g/mol. The average molecular weight is 439 g/mol. The summed E-state index contributed by atoms with van der Waals surface area (Å²) in [7, 11) is 4.55. The van der Waals surface area contributed by atoms with Gasteiger partial charge >= 0.3 is 0 Å². The third kappa shape index (κ3) is 2.51. The molecular weight excluding hydrogens is 414 g/mol. The minimum absolute atomic E-state index is 0.162. The largest absolute Gasteiger partial charge is 0.493 e. The lowest BCUT2D eigenvalue weighted by atomic mass is 9.77. The van der Waals surface area contributed by atoms with Crippen molar-refractivity contribution in [2.45, 2.75) is 36.4 Å². The molecule has 0 bridgehead atoms. The SMILES string of the molecule is COc1cc([C@H]2[C@H]([N+](=O)[O-])[C@]3(C(=O)Nc4ccccc43)N3CCC[C@@H]23)cc(OC)c1OC. The highest BCUT2D eigenvalue weighted by atomic mass is 16.6. The number of nitro groups is 1. The van der Waals surface area contributed by atoms with Crippen LogP contribution in [0.4, 0.5) is 5.69 Å². The number of nitrogens with one attached hydrogen (secondary N) is 1. The number of methoxy groups -OCH3 is 3. The molecular formula is C23H25N3O6. The number of carbonyl (C=O) groups excluding carboxylic acids is 1. The molecule has 5 rings (SSSR count). The van der Waals surface area contributed by atoms with Crippen molar-refractivity contribution in [3.05, 3.63) is 57.6 Å². The second-order valence-electron chi connectivity index (χ2n) is 8.38. The number of anilines is 1. The Labute approximate surface area is 185 Å². The van der Waals surface area contributed by atoms with Gasteiger partial charge in [0.1, 0.15) is 0 Å². The highest BCUT2D eigenvalue weighted by molar-refractivity contribution is 6.07. The van der Waals surface area contributed by atoms with Crippen molar-refractivity contribution in [1.29, 1.82) is 0 Å². The van der Waals surface area contributed by atoms with E-state index in [-0.39, 0.29) is 16.9 Å². The Bertz CT molecular complexity index is 1080. The zero-order valence-electron chi connectivity index (χ0n) is 18.2. The van der Waals surface area contributed by atoms with Gasteiger partial charge in [-0.05, 0) is 36.6 Å². The fourth-order valence-corrected chi connectivity index (χ4v) is 6.07. The molecule has 1 N–H and O–H groups in total. The van der Waals surface area contributed by atoms with Gasteiger partial charge in [-0.1, -0.05) is 18.2 Å². The summed E-state index contributed by atoms with van der Waals surface area (Å²) in [6.07, 6.45) is 1.64. The Kier molecular flexibility index (Phi) is 4.74. The number of amides is 1. The maximum absolute atomic E-state index is 13.5. The van der Waals surface area contributed by atoms with Gasteiger partial charge in [-0.25, -0.2) is 0 Å². The lowest BCUT2D eigenvalue weighted by Crippen LogP contribution is -2.55. The van der Waals surface area contributed by atoms with Gasteiger partial charge in [0.2, 0.25) is 5.75 Å². The van der Waals surface area contributed by atoms with Crippen molar-refractivity contribution in [1.82, 2.24) is 4.90 Å². The molecule has 2 saturated heterocycles. The van der Waals surface area contributed by atoms with Crippen LogP contribution in [0.2, 0.25) is 0 Å². The van der Waals surface area contributed by atoms with Crippen LogP contribution in [0.25, 0.3) is 0 Å². The maximum Gasteiger partial charge on any atom is 0.256 e. The highest BCUT2D eigenvalue weighted by Crippen LogP contribution is 2.58. The molecule has 0 unspecified atom stereocenters. The van der Waals surface area contributed by atoms with Crippen LogP contribution in [-0.2, 0) is 10.3 Å². The van der Waals surface area contributed by atoms with Crippen molar-refractivity contribution < 1.29 is 23.9 Å². The lowest BCUT2D eigenvalue weighted by Gasteiger charge is -2.32. The minimum atomic E-state index is -1.35. The van der Waals surface area contributed by atoms with E-state index in [0.29, 0.717) is 40.6 Å². The van der Waals surface area contributed by atoms with Crippen molar-refractivity contribution in [3.63, 3.8) is 0 Å². The Morgan fingerprint density at radius 1 is 1.12 bits per heavy atom. The van der Waals surface area contributed by atoms with Gasteiger partial charge in [0.05, 0.1) is 27.2 Å². The molecule has 2 aromatic rings. The zero-order chi connectivity index (χ0) is 22.6. The predicted octanol–water partition coefficient (Wildman–Crippen LogP) is 2.77. The first-order valence-electron chi connectivity index (χ1n) is 10.6. The molecule has 0 aromatic heterocycles. The van der Waals surface area contributed by atoms with E-state index in [2.05, 4.69) is 10.2 Å². The molecule has 3 aliphatic rings. The van der Waals surface area contributed by atoms with Crippen LogP contribution >= 0.6 is 0 Å². The average Bonchev–Trinajstić information content (AvgIpc) is 3.46. The van der Waals surface area contributed by atoms with Crippen molar-refractivity contribution in [2.75, 3.05) is 33.2 Å². The number of hydrogen-bond acceptors (Lipinski definition) is 7. The van der Waals surface area contributed by atoms with Crippen LogP contribution in [0.3, 0.4) is 0 Å². The molecule has 2 fully saturated rings. The third-order valence-electron chi connectivity index (χ3n) is 7.17. The van der Waals surface area contributed by atoms with Gasteiger partial charge in [0.15, 0.2) is 17.0 Å². The number of rotatable bonds is 5. The lowest BCUT2D eigenvalue weighted by molar-refractivity contribution is -0.534. The Morgan fingerprint density at radius 2 is 1.81 bits per heavy atom. The van der Waals surface area contributed by atoms with E-state index in [1.807, 2.05) is 18.2 Å².